The number of halogens is 2. The summed E-state index contributed by atoms with van der Waals surface area (Å²) < 4.78 is 3.80. The third-order valence-corrected chi connectivity index (χ3v) is 5.81. The first-order valence-corrected chi connectivity index (χ1v) is 7.57. The average Bonchev–Trinajstić information content (AvgIpc) is 2.83. The van der Waals surface area contributed by atoms with Crippen LogP contribution in [0.5, 0.6) is 0 Å². The maximum Gasteiger partial charge on any atom is 0.0886 e. The second-order valence-corrected chi connectivity index (χ2v) is 7.10. The highest BCUT2D eigenvalue weighted by molar-refractivity contribution is 9.13. The van der Waals surface area contributed by atoms with Crippen LogP contribution in [0, 0.1) is 0 Å². The number of hydrogen-bond donors (Lipinski definition) is 1. The normalized spacial score (nSPS) is 12.9. The lowest BCUT2D eigenvalue weighted by Crippen LogP contribution is -1.96. The molecule has 0 radical (unpaired) electrons. The number of nitrogens with zero attached hydrogens (tertiary/aromatic N) is 2. The molecule has 0 aromatic carbocycles. The van der Waals surface area contributed by atoms with Crippen LogP contribution in [-0.2, 0) is 13.5 Å². The molecule has 1 N–H and O–H groups in total. The lowest BCUT2D eigenvalue weighted by molar-refractivity contribution is 0.171. The van der Waals surface area contributed by atoms with Crippen molar-refractivity contribution in [3.8, 4) is 0 Å². The predicted molar refractivity (Wildman–Crippen MR) is 76.2 cm³/mol. The SMILES string of the molecule is Cn1cc(CCC(O)c2cc(Br)c(Br)s2)cn1. The first-order valence-electron chi connectivity index (χ1n) is 5.16. The molecule has 0 aliphatic rings. The zero-order chi connectivity index (χ0) is 12.4. The molecule has 0 bridgehead atoms. The first kappa shape index (κ1) is 13.3. The molecule has 0 fully saturated rings. The molecule has 2 aromatic heterocycles. The van der Waals surface area contributed by atoms with Crippen LogP contribution in [0.4, 0.5) is 0 Å². The van der Waals surface area contributed by atoms with E-state index in [1.807, 2.05) is 25.5 Å². The van der Waals surface area contributed by atoms with E-state index in [-0.39, 0.29) is 0 Å². The molecule has 2 aromatic rings. The smallest absolute Gasteiger partial charge is 0.0886 e. The van der Waals surface area contributed by atoms with E-state index in [9.17, 15) is 5.11 Å². The van der Waals surface area contributed by atoms with Gasteiger partial charge in [0.05, 0.1) is 16.1 Å². The minimum absolute atomic E-state index is 0.414. The largest absolute Gasteiger partial charge is 0.388 e. The minimum Gasteiger partial charge on any atom is -0.388 e. The highest BCUT2D eigenvalue weighted by Crippen LogP contribution is 2.36. The molecule has 0 aliphatic heterocycles. The van der Waals surface area contributed by atoms with Crippen molar-refractivity contribution in [3.63, 3.8) is 0 Å². The Labute approximate surface area is 121 Å². The van der Waals surface area contributed by atoms with Crippen LogP contribution in [0.3, 0.4) is 0 Å². The summed E-state index contributed by atoms with van der Waals surface area (Å²) in [4.78, 5) is 0.979. The quantitative estimate of drug-likeness (QED) is 0.879. The van der Waals surface area contributed by atoms with Crippen molar-refractivity contribution in [3.05, 3.63) is 37.2 Å². The van der Waals surface area contributed by atoms with Crippen molar-refractivity contribution in [1.29, 1.82) is 0 Å². The van der Waals surface area contributed by atoms with E-state index in [4.69, 9.17) is 0 Å². The Morgan fingerprint density at radius 3 is 2.82 bits per heavy atom. The number of thiophene rings is 1. The molecule has 0 amide bonds. The molecule has 1 unspecified atom stereocenters. The molecule has 2 heterocycles. The molecule has 1 atom stereocenters. The van der Waals surface area contributed by atoms with Gasteiger partial charge in [-0.05, 0) is 56.3 Å². The van der Waals surface area contributed by atoms with Gasteiger partial charge in [0.15, 0.2) is 0 Å². The molecule has 0 aliphatic carbocycles. The van der Waals surface area contributed by atoms with Crippen LogP contribution in [0.25, 0.3) is 0 Å². The summed E-state index contributed by atoms with van der Waals surface area (Å²) in [6.45, 7) is 0. The van der Waals surface area contributed by atoms with Gasteiger partial charge in [-0.1, -0.05) is 0 Å². The summed E-state index contributed by atoms with van der Waals surface area (Å²) in [6, 6.07) is 1.96. The van der Waals surface area contributed by atoms with Crippen LogP contribution in [-0.4, -0.2) is 14.9 Å². The zero-order valence-electron chi connectivity index (χ0n) is 9.23. The van der Waals surface area contributed by atoms with Crippen molar-refractivity contribution in [2.24, 2.45) is 7.05 Å². The number of rotatable bonds is 4. The second-order valence-electron chi connectivity index (χ2n) is 3.85. The van der Waals surface area contributed by atoms with Crippen molar-refractivity contribution in [2.75, 3.05) is 0 Å². The molecule has 0 saturated heterocycles. The summed E-state index contributed by atoms with van der Waals surface area (Å²) in [5, 5.41) is 14.2. The van der Waals surface area contributed by atoms with Crippen molar-refractivity contribution >= 4 is 43.2 Å². The Morgan fingerprint density at radius 1 is 1.53 bits per heavy atom. The van der Waals surface area contributed by atoms with Gasteiger partial charge < -0.3 is 5.11 Å². The van der Waals surface area contributed by atoms with E-state index in [0.29, 0.717) is 6.42 Å². The molecule has 6 heteroatoms. The van der Waals surface area contributed by atoms with Gasteiger partial charge in [-0.2, -0.15) is 5.10 Å². The maximum atomic E-state index is 10.1. The Hall–Kier alpha value is -0.170. The summed E-state index contributed by atoms with van der Waals surface area (Å²) in [5.74, 6) is 0. The van der Waals surface area contributed by atoms with E-state index < -0.39 is 6.10 Å². The molecule has 0 saturated carbocycles. The van der Waals surface area contributed by atoms with Gasteiger partial charge in [-0.3, -0.25) is 4.68 Å². The zero-order valence-corrected chi connectivity index (χ0v) is 13.2. The van der Waals surface area contributed by atoms with E-state index in [0.717, 1.165) is 25.1 Å². The van der Waals surface area contributed by atoms with Crippen molar-refractivity contribution in [1.82, 2.24) is 9.78 Å². The lowest BCUT2D eigenvalue weighted by atomic mass is 10.1. The third-order valence-electron chi connectivity index (χ3n) is 2.46. The number of aryl methyl sites for hydroxylation is 2. The van der Waals surface area contributed by atoms with Gasteiger partial charge in [0, 0.05) is 22.6 Å². The average molecular weight is 380 g/mol. The Bertz CT molecular complexity index is 490. The standard InChI is InChI=1S/C11H12Br2N2OS/c1-15-6-7(5-14-15)2-3-9(16)10-4-8(12)11(13)17-10/h4-6,9,16H,2-3H2,1H3. The molecule has 92 valence electrons. The predicted octanol–water partition coefficient (Wildman–Crippen LogP) is 3.67. The summed E-state index contributed by atoms with van der Waals surface area (Å²) in [7, 11) is 1.90. The second kappa shape index (κ2) is 5.65. The minimum atomic E-state index is -0.414. The Balaban J connectivity index is 1.95. The Kier molecular flexibility index (Phi) is 4.41. The molecular weight excluding hydrogens is 368 g/mol. The lowest BCUT2D eigenvalue weighted by Gasteiger charge is -2.06. The maximum absolute atomic E-state index is 10.1. The van der Waals surface area contributed by atoms with Crippen LogP contribution >= 0.6 is 43.2 Å². The highest BCUT2D eigenvalue weighted by Gasteiger charge is 2.13. The molecular formula is C11H12Br2N2OS. The molecule has 17 heavy (non-hydrogen) atoms. The van der Waals surface area contributed by atoms with Crippen LogP contribution in [0.1, 0.15) is 23.0 Å². The van der Waals surface area contributed by atoms with Crippen LogP contribution in [0.2, 0.25) is 0 Å². The topological polar surface area (TPSA) is 38.0 Å². The Morgan fingerprint density at radius 2 is 2.29 bits per heavy atom. The third kappa shape index (κ3) is 3.40. The van der Waals surface area contributed by atoms with Gasteiger partial charge >= 0.3 is 0 Å². The number of aliphatic hydroxyl groups excluding tert-OH is 1. The van der Waals surface area contributed by atoms with Gasteiger partial charge in [-0.15, -0.1) is 11.3 Å². The fourth-order valence-electron chi connectivity index (χ4n) is 1.57. The monoisotopic (exact) mass is 378 g/mol. The van der Waals surface area contributed by atoms with Crippen LogP contribution in [0.15, 0.2) is 26.7 Å². The summed E-state index contributed by atoms with van der Waals surface area (Å²) >= 11 is 8.42. The number of aromatic nitrogens is 2. The van der Waals surface area contributed by atoms with E-state index in [1.165, 1.54) is 0 Å². The number of hydrogen-bond acceptors (Lipinski definition) is 3. The summed E-state index contributed by atoms with van der Waals surface area (Å²) in [6.07, 6.45) is 4.95. The molecule has 2 rings (SSSR count). The first-order chi connectivity index (χ1) is 8.06. The fourth-order valence-corrected chi connectivity index (χ4v) is 3.68. The highest BCUT2D eigenvalue weighted by atomic mass is 79.9. The van der Waals surface area contributed by atoms with E-state index >= 15 is 0 Å². The van der Waals surface area contributed by atoms with Gasteiger partial charge in [0.1, 0.15) is 0 Å². The van der Waals surface area contributed by atoms with Gasteiger partial charge in [-0.25, -0.2) is 0 Å². The van der Waals surface area contributed by atoms with Crippen molar-refractivity contribution < 1.29 is 5.11 Å². The van der Waals surface area contributed by atoms with Crippen molar-refractivity contribution in [2.45, 2.75) is 18.9 Å². The van der Waals surface area contributed by atoms with Crippen LogP contribution < -0.4 is 0 Å². The van der Waals surface area contributed by atoms with E-state index in [2.05, 4.69) is 37.0 Å². The fraction of sp³-hybridized carbons (Fsp3) is 0.364. The molecule has 3 nitrogen and oxygen atoms in total. The molecule has 0 spiro atoms. The van der Waals surface area contributed by atoms with E-state index in [1.54, 1.807) is 16.0 Å². The number of aliphatic hydroxyl groups is 1. The summed E-state index contributed by atoms with van der Waals surface area (Å²) in [5.41, 5.74) is 1.15. The van der Waals surface area contributed by atoms with Gasteiger partial charge in [0.2, 0.25) is 0 Å². The van der Waals surface area contributed by atoms with Gasteiger partial charge in [0.25, 0.3) is 0 Å².